The highest BCUT2D eigenvalue weighted by molar-refractivity contribution is 6.02. The molecule has 3 rings (SSSR count). The van der Waals surface area contributed by atoms with Crippen molar-refractivity contribution in [2.75, 3.05) is 25.4 Å². The number of unbranched alkanes of at least 4 members (excludes halogenated alkanes) is 5. The molecule has 1 fully saturated rings. The average molecular weight is 358 g/mol. The van der Waals surface area contributed by atoms with Crippen LogP contribution in [0.5, 0.6) is 0 Å². The zero-order chi connectivity index (χ0) is 18.2. The Balaban J connectivity index is 1.38. The van der Waals surface area contributed by atoms with Crippen molar-refractivity contribution < 1.29 is 0 Å². The van der Waals surface area contributed by atoms with Gasteiger partial charge in [-0.2, -0.15) is 0 Å². The molecule has 0 unspecified atom stereocenters. The van der Waals surface area contributed by atoms with Crippen molar-refractivity contribution in [1.29, 1.82) is 0 Å². The second kappa shape index (κ2) is 10.0. The molecule has 2 N–H and O–H groups in total. The molecule has 0 aliphatic carbocycles. The van der Waals surface area contributed by atoms with Crippen LogP contribution in [-0.4, -0.2) is 40.2 Å². The van der Waals surface area contributed by atoms with Gasteiger partial charge < -0.3 is 10.6 Å². The van der Waals surface area contributed by atoms with Gasteiger partial charge in [0.25, 0.3) is 0 Å². The summed E-state index contributed by atoms with van der Waals surface area (Å²) in [5.41, 5.74) is 9.38. The van der Waals surface area contributed by atoms with Gasteiger partial charge in [-0.15, -0.1) is 0 Å². The minimum absolute atomic E-state index is 0.641. The van der Waals surface area contributed by atoms with Gasteiger partial charge in [0.05, 0.1) is 18.0 Å². The zero-order valence-electron chi connectivity index (χ0n) is 16.5. The van der Waals surface area contributed by atoms with Crippen LogP contribution in [0.1, 0.15) is 88.2 Å². The number of aryl methyl sites for hydroxylation is 1. The van der Waals surface area contributed by atoms with Crippen LogP contribution in [0, 0.1) is 0 Å². The van der Waals surface area contributed by atoms with E-state index in [0.29, 0.717) is 12.4 Å². The van der Waals surface area contributed by atoms with E-state index < -0.39 is 0 Å². The lowest BCUT2D eigenvalue weighted by Gasteiger charge is -2.13. The molecule has 5 nitrogen and oxygen atoms in total. The Morgan fingerprint density at radius 3 is 2.50 bits per heavy atom. The summed E-state index contributed by atoms with van der Waals surface area (Å²) < 4.78 is 0. The van der Waals surface area contributed by atoms with E-state index >= 15 is 0 Å². The Labute approximate surface area is 158 Å². The first kappa shape index (κ1) is 19.3. The normalized spacial score (nSPS) is 16.9. The van der Waals surface area contributed by atoms with Gasteiger partial charge in [-0.25, -0.2) is 9.97 Å². The number of fused-ring (bicyclic) bond motifs is 1. The smallest absolute Gasteiger partial charge is 0.132 e. The molecule has 0 aromatic carbocycles. The molecule has 0 saturated carbocycles. The monoisotopic (exact) mass is 357 g/mol. The van der Waals surface area contributed by atoms with Crippen molar-refractivity contribution in [2.24, 2.45) is 4.99 Å². The Morgan fingerprint density at radius 1 is 0.923 bits per heavy atom. The topological polar surface area (TPSA) is 67.4 Å². The predicted octanol–water partition coefficient (Wildman–Crippen LogP) is 4.14. The number of hydrogen-bond acceptors (Lipinski definition) is 5. The summed E-state index contributed by atoms with van der Waals surface area (Å²) in [5, 5.41) is 0. The summed E-state index contributed by atoms with van der Waals surface area (Å²) in [6, 6.07) is 0. The Hall–Kier alpha value is -1.49. The van der Waals surface area contributed by atoms with Crippen molar-refractivity contribution in [3.8, 4) is 0 Å². The van der Waals surface area contributed by atoms with Gasteiger partial charge in [0, 0.05) is 12.0 Å². The third-order valence-corrected chi connectivity index (χ3v) is 5.63. The molecule has 1 aromatic heterocycles. The summed E-state index contributed by atoms with van der Waals surface area (Å²) in [6.07, 6.45) is 13.6. The van der Waals surface area contributed by atoms with Crippen LogP contribution in [0.15, 0.2) is 4.99 Å². The molecule has 0 amide bonds. The highest BCUT2D eigenvalue weighted by Gasteiger charge is 2.21. The van der Waals surface area contributed by atoms with Crippen LogP contribution >= 0.6 is 0 Å². The maximum atomic E-state index is 6.14. The highest BCUT2D eigenvalue weighted by atomic mass is 15.1. The molecule has 3 heterocycles. The highest BCUT2D eigenvalue weighted by Crippen LogP contribution is 2.25. The summed E-state index contributed by atoms with van der Waals surface area (Å²) in [5.74, 6) is 1.53. The lowest BCUT2D eigenvalue weighted by Crippen LogP contribution is -2.20. The molecular formula is C21H35N5. The second-order valence-corrected chi connectivity index (χ2v) is 7.79. The minimum Gasteiger partial charge on any atom is -0.383 e. The van der Waals surface area contributed by atoms with Crippen LogP contribution in [-0.2, 0) is 13.0 Å². The summed E-state index contributed by atoms with van der Waals surface area (Å²) >= 11 is 0. The van der Waals surface area contributed by atoms with Crippen molar-refractivity contribution in [1.82, 2.24) is 14.9 Å². The largest absolute Gasteiger partial charge is 0.383 e. The van der Waals surface area contributed by atoms with E-state index in [0.717, 1.165) is 48.5 Å². The maximum Gasteiger partial charge on any atom is 0.132 e. The molecule has 0 atom stereocenters. The van der Waals surface area contributed by atoms with E-state index in [4.69, 9.17) is 15.7 Å². The van der Waals surface area contributed by atoms with Crippen LogP contribution in [0.4, 0.5) is 5.82 Å². The number of likely N-dealkylation sites (tertiary alicyclic amines) is 1. The van der Waals surface area contributed by atoms with E-state index in [1.807, 2.05) is 0 Å². The fourth-order valence-electron chi connectivity index (χ4n) is 4.00. The third-order valence-electron chi connectivity index (χ3n) is 5.63. The standard InChI is InChI=1S/C21H35N5/c1-2-3-12-19-24-20-17(21(22)25-19)16-23-18(20)11-7-5-4-6-8-13-26-14-9-10-15-26/h2-16H2,1H3,(H2,22,24,25). The van der Waals surface area contributed by atoms with Crippen LogP contribution < -0.4 is 5.73 Å². The van der Waals surface area contributed by atoms with E-state index in [-0.39, 0.29) is 0 Å². The average Bonchev–Trinajstić information content (AvgIpc) is 3.29. The van der Waals surface area contributed by atoms with Gasteiger partial charge in [-0.3, -0.25) is 4.99 Å². The fraction of sp³-hybridized carbons (Fsp3) is 0.762. The predicted molar refractivity (Wildman–Crippen MR) is 109 cm³/mol. The first-order valence-electron chi connectivity index (χ1n) is 10.7. The number of hydrogen-bond donors (Lipinski definition) is 1. The molecule has 144 valence electrons. The molecule has 0 bridgehead atoms. The van der Waals surface area contributed by atoms with Gasteiger partial charge >= 0.3 is 0 Å². The van der Waals surface area contributed by atoms with Crippen molar-refractivity contribution in [2.45, 2.75) is 84.1 Å². The van der Waals surface area contributed by atoms with E-state index in [9.17, 15) is 0 Å². The molecule has 0 radical (unpaired) electrons. The third kappa shape index (κ3) is 5.26. The van der Waals surface area contributed by atoms with E-state index in [2.05, 4.69) is 16.8 Å². The van der Waals surface area contributed by atoms with Gasteiger partial charge in [0.1, 0.15) is 11.6 Å². The molecular weight excluding hydrogens is 322 g/mol. The van der Waals surface area contributed by atoms with Crippen molar-refractivity contribution in [3.63, 3.8) is 0 Å². The molecule has 0 spiro atoms. The number of anilines is 1. The number of nitrogens with zero attached hydrogens (tertiary/aromatic N) is 4. The zero-order valence-corrected chi connectivity index (χ0v) is 16.5. The van der Waals surface area contributed by atoms with Crippen molar-refractivity contribution >= 4 is 11.5 Å². The molecule has 2 aliphatic heterocycles. The molecule has 2 aliphatic rings. The lowest BCUT2D eigenvalue weighted by atomic mass is 10.0. The van der Waals surface area contributed by atoms with Gasteiger partial charge in [0.15, 0.2) is 0 Å². The number of rotatable bonds is 11. The van der Waals surface area contributed by atoms with Crippen molar-refractivity contribution in [3.05, 3.63) is 17.1 Å². The number of nitrogens with two attached hydrogens (primary N) is 1. The van der Waals surface area contributed by atoms with Gasteiger partial charge in [0.2, 0.25) is 0 Å². The molecule has 26 heavy (non-hydrogen) atoms. The Kier molecular flexibility index (Phi) is 7.42. The number of nitrogen functional groups attached to an aromatic ring is 1. The fourth-order valence-corrected chi connectivity index (χ4v) is 4.00. The first-order valence-corrected chi connectivity index (χ1v) is 10.7. The molecule has 5 heteroatoms. The SMILES string of the molecule is CCCCc1nc(N)c2c(n1)C(CCCCCCCN1CCCC1)=NC2. The molecule has 1 aromatic rings. The first-order chi connectivity index (χ1) is 12.8. The number of aromatic nitrogens is 2. The van der Waals surface area contributed by atoms with Gasteiger partial charge in [-0.05, 0) is 58.2 Å². The minimum atomic E-state index is 0.641. The van der Waals surface area contributed by atoms with Crippen LogP contribution in [0.2, 0.25) is 0 Å². The molecule has 1 saturated heterocycles. The van der Waals surface area contributed by atoms with Crippen LogP contribution in [0.25, 0.3) is 0 Å². The maximum absolute atomic E-state index is 6.14. The Morgan fingerprint density at radius 2 is 1.69 bits per heavy atom. The summed E-state index contributed by atoms with van der Waals surface area (Å²) in [6.45, 7) is 6.81. The summed E-state index contributed by atoms with van der Waals surface area (Å²) in [7, 11) is 0. The van der Waals surface area contributed by atoms with E-state index in [1.54, 1.807) is 0 Å². The Bertz CT molecular complexity index is 605. The van der Waals surface area contributed by atoms with Crippen LogP contribution in [0.3, 0.4) is 0 Å². The number of aliphatic imine (C=N–C) groups is 1. The lowest BCUT2D eigenvalue weighted by molar-refractivity contribution is 0.328. The second-order valence-electron chi connectivity index (χ2n) is 7.79. The van der Waals surface area contributed by atoms with Gasteiger partial charge in [-0.1, -0.05) is 32.6 Å². The quantitative estimate of drug-likeness (QED) is 0.604. The van der Waals surface area contributed by atoms with E-state index in [1.165, 1.54) is 64.6 Å². The summed E-state index contributed by atoms with van der Waals surface area (Å²) in [4.78, 5) is 16.6.